The summed E-state index contributed by atoms with van der Waals surface area (Å²) in [5.74, 6) is -0.676. The molecule has 3 aromatic rings. The molecule has 10 heteroatoms. The van der Waals surface area contributed by atoms with Crippen LogP contribution in [0.4, 0.5) is 13.2 Å². The van der Waals surface area contributed by atoms with Crippen LogP contribution >= 0.6 is 11.6 Å². The number of carbonyl (C=O) groups excluding carboxylic acids is 1. The van der Waals surface area contributed by atoms with Gasteiger partial charge >= 0.3 is 6.18 Å². The molecule has 0 unspecified atom stereocenters. The number of hydrogen-bond acceptors (Lipinski definition) is 4. The van der Waals surface area contributed by atoms with Crippen molar-refractivity contribution in [2.24, 2.45) is 0 Å². The van der Waals surface area contributed by atoms with E-state index in [1.165, 1.54) is 0 Å². The van der Waals surface area contributed by atoms with Crippen LogP contribution < -0.4 is 5.32 Å². The van der Waals surface area contributed by atoms with E-state index in [1.54, 1.807) is 30.3 Å². The maximum Gasteiger partial charge on any atom is 0.433 e. The summed E-state index contributed by atoms with van der Waals surface area (Å²) in [4.78, 5) is 16.7. The standard InChI is InChI=1S/C19H16ClF3N4O2/c20-15-16(18(28)24-10-12-7-4-8-29-12)26-27-14(19(21,22)23)9-13(25-17(15)27)11-5-2-1-3-6-11/h1-3,5-6,9,12H,4,7-8,10H2,(H,24,28)/t12-/m1/s1. The van der Waals surface area contributed by atoms with Crippen molar-refractivity contribution in [3.05, 3.63) is 52.8 Å². The van der Waals surface area contributed by atoms with Crippen molar-refractivity contribution in [1.82, 2.24) is 19.9 Å². The lowest BCUT2D eigenvalue weighted by Crippen LogP contribution is -2.32. The third-order valence-corrected chi connectivity index (χ3v) is 4.97. The van der Waals surface area contributed by atoms with E-state index in [0.29, 0.717) is 16.7 Å². The first-order chi connectivity index (χ1) is 13.8. The number of halogens is 4. The Kier molecular flexibility index (Phi) is 5.18. The van der Waals surface area contributed by atoms with Gasteiger partial charge in [-0.3, -0.25) is 4.79 Å². The molecule has 2 aromatic heterocycles. The number of rotatable bonds is 4. The molecule has 1 saturated heterocycles. The number of nitrogens with one attached hydrogen (secondary N) is 1. The summed E-state index contributed by atoms with van der Waals surface area (Å²) in [7, 11) is 0. The number of fused-ring (bicyclic) bond motifs is 1. The molecule has 152 valence electrons. The molecule has 0 spiro atoms. The fourth-order valence-corrected chi connectivity index (χ4v) is 3.44. The van der Waals surface area contributed by atoms with E-state index < -0.39 is 17.8 Å². The predicted octanol–water partition coefficient (Wildman–Crippen LogP) is 3.98. The van der Waals surface area contributed by atoms with Crippen LogP contribution in [0.5, 0.6) is 0 Å². The highest BCUT2D eigenvalue weighted by Crippen LogP contribution is 2.34. The van der Waals surface area contributed by atoms with Gasteiger partial charge in [0.25, 0.3) is 5.91 Å². The summed E-state index contributed by atoms with van der Waals surface area (Å²) in [5, 5.41) is 6.18. The third-order valence-electron chi connectivity index (χ3n) is 4.62. The maximum absolute atomic E-state index is 13.7. The normalized spacial score (nSPS) is 17.0. The Labute approximate surface area is 168 Å². The van der Waals surface area contributed by atoms with Gasteiger partial charge in [0, 0.05) is 18.7 Å². The van der Waals surface area contributed by atoms with Gasteiger partial charge in [0.05, 0.1) is 11.8 Å². The Hall–Kier alpha value is -2.65. The first kappa shape index (κ1) is 19.7. The molecular weight excluding hydrogens is 409 g/mol. The number of amides is 1. The number of nitrogens with zero attached hydrogens (tertiary/aromatic N) is 3. The van der Waals surface area contributed by atoms with E-state index >= 15 is 0 Å². The molecule has 0 bridgehead atoms. The van der Waals surface area contributed by atoms with Gasteiger partial charge in [0.15, 0.2) is 17.0 Å². The van der Waals surface area contributed by atoms with Gasteiger partial charge in [-0.1, -0.05) is 41.9 Å². The lowest BCUT2D eigenvalue weighted by Gasteiger charge is -2.11. The number of hydrogen-bond donors (Lipinski definition) is 1. The summed E-state index contributed by atoms with van der Waals surface area (Å²) in [5.41, 5.74) is -1.04. The minimum atomic E-state index is -4.72. The Morgan fingerprint density at radius 3 is 2.72 bits per heavy atom. The highest BCUT2D eigenvalue weighted by molar-refractivity contribution is 6.36. The average molecular weight is 425 g/mol. The summed E-state index contributed by atoms with van der Waals surface area (Å²) < 4.78 is 47.0. The molecule has 4 rings (SSSR count). The second-order valence-corrected chi connectivity index (χ2v) is 7.01. The SMILES string of the molecule is O=C(NC[C@H]1CCCO1)c1nn2c(C(F)(F)F)cc(-c3ccccc3)nc2c1Cl. The Balaban J connectivity index is 1.76. The predicted molar refractivity (Wildman–Crippen MR) is 99.7 cm³/mol. The summed E-state index contributed by atoms with van der Waals surface area (Å²) in [6.07, 6.45) is -3.13. The van der Waals surface area contributed by atoms with Crippen LogP contribution in [-0.2, 0) is 10.9 Å². The highest BCUT2D eigenvalue weighted by atomic mass is 35.5. The van der Waals surface area contributed by atoms with Gasteiger partial charge in [-0.15, -0.1) is 0 Å². The van der Waals surface area contributed by atoms with Crippen molar-refractivity contribution in [1.29, 1.82) is 0 Å². The van der Waals surface area contributed by atoms with E-state index in [4.69, 9.17) is 16.3 Å². The zero-order chi connectivity index (χ0) is 20.6. The smallest absolute Gasteiger partial charge is 0.376 e. The molecule has 1 atom stereocenters. The topological polar surface area (TPSA) is 68.5 Å². The molecular formula is C19H16ClF3N4O2. The fourth-order valence-electron chi connectivity index (χ4n) is 3.19. The van der Waals surface area contributed by atoms with E-state index in [-0.39, 0.29) is 34.7 Å². The second kappa shape index (κ2) is 7.64. The molecule has 0 saturated carbocycles. The van der Waals surface area contributed by atoms with Crippen molar-refractivity contribution < 1.29 is 22.7 Å². The molecule has 6 nitrogen and oxygen atoms in total. The lowest BCUT2D eigenvalue weighted by atomic mass is 10.1. The van der Waals surface area contributed by atoms with Gasteiger partial charge in [-0.2, -0.15) is 18.3 Å². The van der Waals surface area contributed by atoms with E-state index in [2.05, 4.69) is 15.4 Å². The number of alkyl halides is 3. The maximum atomic E-state index is 13.7. The van der Waals surface area contributed by atoms with Crippen molar-refractivity contribution in [2.75, 3.05) is 13.2 Å². The van der Waals surface area contributed by atoms with Crippen LogP contribution in [0.25, 0.3) is 16.9 Å². The minimum absolute atomic E-state index is 0.0820. The molecule has 0 aliphatic carbocycles. The van der Waals surface area contributed by atoms with Crippen molar-refractivity contribution in [2.45, 2.75) is 25.1 Å². The third kappa shape index (κ3) is 3.92. The summed E-state index contributed by atoms with van der Waals surface area (Å²) >= 11 is 6.22. The molecule has 29 heavy (non-hydrogen) atoms. The second-order valence-electron chi connectivity index (χ2n) is 6.63. The van der Waals surface area contributed by atoms with Gasteiger partial charge in [0.2, 0.25) is 0 Å². The van der Waals surface area contributed by atoms with Crippen LogP contribution in [-0.4, -0.2) is 39.8 Å². The summed E-state index contributed by atoms with van der Waals surface area (Å²) in [6.45, 7) is 0.856. The molecule has 1 aromatic carbocycles. The van der Waals surface area contributed by atoms with Gasteiger partial charge in [0.1, 0.15) is 5.02 Å². The molecule has 3 heterocycles. The largest absolute Gasteiger partial charge is 0.433 e. The van der Waals surface area contributed by atoms with Crippen molar-refractivity contribution in [3.63, 3.8) is 0 Å². The lowest BCUT2D eigenvalue weighted by molar-refractivity contribution is -0.142. The number of aromatic nitrogens is 3. The first-order valence-electron chi connectivity index (χ1n) is 8.96. The van der Waals surface area contributed by atoms with Crippen LogP contribution in [0, 0.1) is 0 Å². The number of carbonyl (C=O) groups is 1. The molecule has 1 aliphatic heterocycles. The Morgan fingerprint density at radius 1 is 1.31 bits per heavy atom. The van der Waals surface area contributed by atoms with Gasteiger partial charge in [-0.25, -0.2) is 9.50 Å². The van der Waals surface area contributed by atoms with E-state index in [9.17, 15) is 18.0 Å². The molecule has 1 fully saturated rings. The van der Waals surface area contributed by atoms with Crippen LogP contribution in [0.2, 0.25) is 5.02 Å². The quantitative estimate of drug-likeness (QED) is 0.688. The highest BCUT2D eigenvalue weighted by Gasteiger charge is 2.36. The van der Waals surface area contributed by atoms with Crippen LogP contribution in [0.3, 0.4) is 0 Å². The monoisotopic (exact) mass is 424 g/mol. The Morgan fingerprint density at radius 2 is 2.07 bits per heavy atom. The van der Waals surface area contributed by atoms with Crippen LogP contribution in [0.15, 0.2) is 36.4 Å². The zero-order valence-electron chi connectivity index (χ0n) is 15.0. The van der Waals surface area contributed by atoms with Gasteiger partial charge < -0.3 is 10.1 Å². The van der Waals surface area contributed by atoms with Crippen LogP contribution in [0.1, 0.15) is 29.0 Å². The fraction of sp³-hybridized carbons (Fsp3) is 0.316. The molecule has 1 N–H and O–H groups in total. The van der Waals surface area contributed by atoms with E-state index in [0.717, 1.165) is 18.9 Å². The number of benzene rings is 1. The molecule has 1 amide bonds. The Bertz CT molecular complexity index is 1050. The first-order valence-corrected chi connectivity index (χ1v) is 9.34. The van der Waals surface area contributed by atoms with E-state index in [1.807, 2.05) is 0 Å². The minimum Gasteiger partial charge on any atom is -0.376 e. The molecule has 1 aliphatic rings. The average Bonchev–Trinajstić information content (AvgIpc) is 3.33. The van der Waals surface area contributed by atoms with Gasteiger partial charge in [-0.05, 0) is 18.9 Å². The summed E-state index contributed by atoms with van der Waals surface area (Å²) in [6, 6.07) is 9.29. The molecule has 0 radical (unpaired) electrons. The zero-order valence-corrected chi connectivity index (χ0v) is 15.8. The van der Waals surface area contributed by atoms with Crippen molar-refractivity contribution >= 4 is 23.2 Å². The number of ether oxygens (including phenoxy) is 1. The van der Waals surface area contributed by atoms with Crippen molar-refractivity contribution in [3.8, 4) is 11.3 Å².